The van der Waals surface area contributed by atoms with Gasteiger partial charge in [0.05, 0.1) is 6.61 Å². The molecule has 0 saturated carbocycles. The number of nitrogens with one attached hydrogen (secondary N) is 1. The molecule has 1 aromatic carbocycles. The average Bonchev–Trinajstić information content (AvgIpc) is 2.17. The van der Waals surface area contributed by atoms with Crippen LogP contribution in [0.1, 0.15) is 11.1 Å². The monoisotopic (exact) mass is 275 g/mol. The number of hydrogen-bond acceptors (Lipinski definition) is 2. The van der Waals surface area contributed by atoms with Crippen LogP contribution in [0.2, 0.25) is 0 Å². The minimum Gasteiger partial charge on any atom is -0.395 e. The maximum Gasteiger partial charge on any atom is 0.127 e. The van der Waals surface area contributed by atoms with E-state index in [-0.39, 0.29) is 18.5 Å². The lowest BCUT2D eigenvalue weighted by Gasteiger charge is -2.15. The summed E-state index contributed by atoms with van der Waals surface area (Å²) in [5, 5.41) is 12.0. The van der Waals surface area contributed by atoms with Gasteiger partial charge in [-0.2, -0.15) is 0 Å². The lowest BCUT2D eigenvalue weighted by molar-refractivity contribution is 0.247. The fraction of sp³-hybridized carbons (Fsp3) is 0.455. The summed E-state index contributed by atoms with van der Waals surface area (Å²) in [6, 6.07) is 3.23. The highest BCUT2D eigenvalue weighted by atomic mass is 79.9. The van der Waals surface area contributed by atoms with Crippen LogP contribution in [0, 0.1) is 12.7 Å². The van der Waals surface area contributed by atoms with Gasteiger partial charge in [0.2, 0.25) is 0 Å². The standard InChI is InChI=1S/C11H15BrFNO/c1-7-3-8(12)4-11(13)10(7)5-9(6-15)14-2/h3-4,9,14-15H,5-6H2,1-2H3/t9-/m1/s1. The van der Waals surface area contributed by atoms with E-state index in [1.54, 1.807) is 7.05 Å². The molecule has 0 unspecified atom stereocenters. The van der Waals surface area contributed by atoms with Crippen LogP contribution in [0.25, 0.3) is 0 Å². The van der Waals surface area contributed by atoms with Gasteiger partial charge in [-0.15, -0.1) is 0 Å². The summed E-state index contributed by atoms with van der Waals surface area (Å²) in [5.74, 6) is -0.226. The molecule has 0 amide bonds. The third kappa shape index (κ3) is 3.26. The largest absolute Gasteiger partial charge is 0.395 e. The molecule has 0 aromatic heterocycles. The Morgan fingerprint density at radius 2 is 2.20 bits per heavy atom. The number of rotatable bonds is 4. The van der Waals surface area contributed by atoms with Crippen LogP contribution in [0.4, 0.5) is 4.39 Å². The number of hydrogen-bond donors (Lipinski definition) is 2. The minimum atomic E-state index is -0.226. The normalized spacial score (nSPS) is 12.9. The van der Waals surface area contributed by atoms with E-state index in [9.17, 15) is 4.39 Å². The number of benzene rings is 1. The zero-order chi connectivity index (χ0) is 11.4. The van der Waals surface area contributed by atoms with Crippen LogP contribution in [0.5, 0.6) is 0 Å². The average molecular weight is 276 g/mol. The first-order valence-electron chi connectivity index (χ1n) is 4.81. The molecule has 0 aliphatic heterocycles. The molecule has 0 spiro atoms. The summed E-state index contributed by atoms with van der Waals surface area (Å²) in [5.41, 5.74) is 1.56. The van der Waals surface area contributed by atoms with Crippen molar-refractivity contribution < 1.29 is 9.50 Å². The fourth-order valence-corrected chi connectivity index (χ4v) is 2.04. The molecule has 0 aliphatic carbocycles. The molecule has 1 atom stereocenters. The van der Waals surface area contributed by atoms with Gasteiger partial charge in [-0.1, -0.05) is 15.9 Å². The van der Waals surface area contributed by atoms with Crippen molar-refractivity contribution in [2.24, 2.45) is 0 Å². The maximum atomic E-state index is 13.6. The Kier molecular flexibility index (Phi) is 4.70. The molecule has 0 fully saturated rings. The predicted molar refractivity (Wildman–Crippen MR) is 62.5 cm³/mol. The Balaban J connectivity index is 2.94. The van der Waals surface area contributed by atoms with Crippen LogP contribution in [-0.2, 0) is 6.42 Å². The highest BCUT2D eigenvalue weighted by Gasteiger charge is 2.12. The Bertz CT molecular complexity index is 316. The summed E-state index contributed by atoms with van der Waals surface area (Å²) in [4.78, 5) is 0. The SMILES string of the molecule is CN[C@@H](CO)Cc1c(C)cc(Br)cc1F. The van der Waals surface area contributed by atoms with Crippen molar-refractivity contribution >= 4 is 15.9 Å². The molecule has 0 radical (unpaired) electrons. The zero-order valence-corrected chi connectivity index (χ0v) is 10.4. The van der Waals surface area contributed by atoms with Crippen molar-refractivity contribution in [1.29, 1.82) is 0 Å². The van der Waals surface area contributed by atoms with Gasteiger partial charge in [0, 0.05) is 10.5 Å². The van der Waals surface area contributed by atoms with Crippen molar-refractivity contribution in [3.63, 3.8) is 0 Å². The molecule has 1 rings (SSSR count). The third-order valence-corrected chi connectivity index (χ3v) is 2.92. The molecule has 84 valence electrons. The molecule has 0 heterocycles. The topological polar surface area (TPSA) is 32.3 Å². The third-order valence-electron chi connectivity index (χ3n) is 2.46. The second kappa shape index (κ2) is 5.58. The van der Waals surface area contributed by atoms with Gasteiger partial charge in [-0.25, -0.2) is 4.39 Å². The second-order valence-electron chi connectivity index (χ2n) is 3.56. The molecule has 2 nitrogen and oxygen atoms in total. The van der Waals surface area contributed by atoms with E-state index in [0.29, 0.717) is 12.0 Å². The van der Waals surface area contributed by atoms with E-state index in [2.05, 4.69) is 21.2 Å². The lowest BCUT2D eigenvalue weighted by Crippen LogP contribution is -2.31. The molecule has 2 N–H and O–H groups in total. The Morgan fingerprint density at radius 3 is 2.67 bits per heavy atom. The number of aliphatic hydroxyl groups excluding tert-OH is 1. The molecule has 1 aromatic rings. The first-order chi connectivity index (χ1) is 7.08. The number of aliphatic hydroxyl groups is 1. The van der Waals surface area contributed by atoms with Crippen LogP contribution in [0.3, 0.4) is 0 Å². The van der Waals surface area contributed by atoms with Gasteiger partial charge in [0.25, 0.3) is 0 Å². The Labute approximate surface area is 97.6 Å². The summed E-state index contributed by atoms with van der Waals surface area (Å²) in [6.45, 7) is 1.87. The minimum absolute atomic E-state index is 0.00540. The fourth-order valence-electron chi connectivity index (χ4n) is 1.49. The van der Waals surface area contributed by atoms with E-state index < -0.39 is 0 Å². The quantitative estimate of drug-likeness (QED) is 0.881. The van der Waals surface area contributed by atoms with Crippen molar-refractivity contribution in [3.05, 3.63) is 33.5 Å². The lowest BCUT2D eigenvalue weighted by atomic mass is 10.0. The van der Waals surface area contributed by atoms with Gasteiger partial charge >= 0.3 is 0 Å². The van der Waals surface area contributed by atoms with Crippen molar-refractivity contribution in [3.8, 4) is 0 Å². The van der Waals surface area contributed by atoms with E-state index in [0.717, 1.165) is 10.0 Å². The molecule has 15 heavy (non-hydrogen) atoms. The van der Waals surface area contributed by atoms with Crippen molar-refractivity contribution in [2.75, 3.05) is 13.7 Å². The summed E-state index contributed by atoms with van der Waals surface area (Å²) in [7, 11) is 1.76. The van der Waals surface area contributed by atoms with Crippen LogP contribution in [-0.4, -0.2) is 24.8 Å². The Hall–Kier alpha value is -0.450. The van der Waals surface area contributed by atoms with Crippen LogP contribution < -0.4 is 5.32 Å². The molecular weight excluding hydrogens is 261 g/mol. The predicted octanol–water partition coefficient (Wildman–Crippen LogP) is 2.02. The van der Waals surface area contributed by atoms with Crippen LogP contribution in [0.15, 0.2) is 16.6 Å². The van der Waals surface area contributed by atoms with E-state index in [1.165, 1.54) is 6.07 Å². The highest BCUT2D eigenvalue weighted by Crippen LogP contribution is 2.21. The summed E-state index contributed by atoms with van der Waals surface area (Å²) >= 11 is 3.24. The van der Waals surface area contributed by atoms with Gasteiger partial charge < -0.3 is 10.4 Å². The first-order valence-corrected chi connectivity index (χ1v) is 5.60. The van der Waals surface area contributed by atoms with Gasteiger partial charge in [0.1, 0.15) is 5.82 Å². The molecule has 0 saturated heterocycles. The molecule has 0 bridgehead atoms. The summed E-state index contributed by atoms with van der Waals surface area (Å²) < 4.78 is 14.3. The van der Waals surface area contributed by atoms with E-state index in [1.807, 2.05) is 13.0 Å². The molecular formula is C11H15BrFNO. The van der Waals surface area contributed by atoms with Gasteiger partial charge in [0.15, 0.2) is 0 Å². The smallest absolute Gasteiger partial charge is 0.127 e. The maximum absolute atomic E-state index is 13.6. The van der Waals surface area contributed by atoms with Crippen LogP contribution >= 0.6 is 15.9 Å². The zero-order valence-electron chi connectivity index (χ0n) is 8.85. The van der Waals surface area contributed by atoms with Gasteiger partial charge in [-0.3, -0.25) is 0 Å². The number of halogens is 2. The highest BCUT2D eigenvalue weighted by molar-refractivity contribution is 9.10. The second-order valence-corrected chi connectivity index (χ2v) is 4.47. The number of aryl methyl sites for hydroxylation is 1. The van der Waals surface area contributed by atoms with Crippen molar-refractivity contribution in [2.45, 2.75) is 19.4 Å². The van der Waals surface area contributed by atoms with Crippen molar-refractivity contribution in [1.82, 2.24) is 5.32 Å². The van der Waals surface area contributed by atoms with E-state index in [4.69, 9.17) is 5.11 Å². The van der Waals surface area contributed by atoms with Gasteiger partial charge in [-0.05, 0) is 43.7 Å². The molecule has 4 heteroatoms. The van der Waals surface area contributed by atoms with E-state index >= 15 is 0 Å². The molecule has 0 aliphatic rings. The number of likely N-dealkylation sites (N-methyl/N-ethyl adjacent to an activating group) is 1. The Morgan fingerprint density at radius 1 is 1.53 bits per heavy atom. The first kappa shape index (κ1) is 12.6. The summed E-state index contributed by atoms with van der Waals surface area (Å²) in [6.07, 6.45) is 0.498.